The van der Waals surface area contributed by atoms with E-state index in [1.165, 1.54) is 18.3 Å². The molecule has 2 fully saturated rings. The monoisotopic (exact) mass is 603 g/mol. The van der Waals surface area contributed by atoms with E-state index in [1.807, 2.05) is 0 Å². The fourth-order valence-electron chi connectivity index (χ4n) is 4.92. The molecule has 0 unspecified atom stereocenters. The average molecular weight is 604 g/mol. The highest BCUT2D eigenvalue weighted by molar-refractivity contribution is 6.30. The number of aliphatic hydroxyl groups is 1. The Morgan fingerprint density at radius 1 is 1.24 bits per heavy atom. The second-order valence-electron chi connectivity index (χ2n) is 9.90. The Balaban J connectivity index is 1.50. The van der Waals surface area contributed by atoms with Crippen LogP contribution in [-0.2, 0) is 16.1 Å². The number of aromatic nitrogens is 2. The Hall–Kier alpha value is -4.23. The number of carbonyl (C=O) groups is 3. The Labute approximate surface area is 244 Å². The van der Waals surface area contributed by atoms with Gasteiger partial charge in [0.2, 0.25) is 5.91 Å². The van der Waals surface area contributed by atoms with E-state index in [9.17, 15) is 28.3 Å². The summed E-state index contributed by atoms with van der Waals surface area (Å²) in [6.45, 7) is -2.48. The van der Waals surface area contributed by atoms with Gasteiger partial charge in [0.15, 0.2) is 0 Å². The third kappa shape index (κ3) is 6.63. The molecular formula is C28H28ClF2N5O6. The smallest absolute Gasteiger partial charge is 0.410 e. The SMILES string of the molecule is O=C(CCO)Nc1cc(-c2cnn(C(F)F)c2)c(O[C@H]2CCN3C(=O)OC[C@@H]3C2)cc1C(=O)NCc1ccc(Cl)cc1. The van der Waals surface area contributed by atoms with Gasteiger partial charge in [-0.15, -0.1) is 0 Å². The quantitative estimate of drug-likeness (QED) is 0.316. The number of alkyl halides is 2. The number of ether oxygens (including phenoxy) is 2. The fraction of sp³-hybridized carbons (Fsp3) is 0.357. The number of halogens is 3. The summed E-state index contributed by atoms with van der Waals surface area (Å²) in [7, 11) is 0. The molecule has 3 N–H and O–H groups in total. The second kappa shape index (κ2) is 12.7. The maximum absolute atomic E-state index is 13.4. The number of hydrogen-bond acceptors (Lipinski definition) is 7. The molecule has 42 heavy (non-hydrogen) atoms. The maximum atomic E-state index is 13.4. The number of rotatable bonds is 10. The van der Waals surface area contributed by atoms with Crippen molar-refractivity contribution in [3.8, 4) is 16.9 Å². The van der Waals surface area contributed by atoms with Crippen LogP contribution >= 0.6 is 11.6 Å². The van der Waals surface area contributed by atoms with E-state index in [1.54, 1.807) is 29.2 Å². The van der Waals surface area contributed by atoms with Crippen molar-refractivity contribution in [3.05, 3.63) is 64.9 Å². The van der Waals surface area contributed by atoms with Crippen LogP contribution in [-0.4, -0.2) is 69.6 Å². The van der Waals surface area contributed by atoms with Gasteiger partial charge in [0.25, 0.3) is 5.91 Å². The molecule has 5 rings (SSSR count). The maximum Gasteiger partial charge on any atom is 0.410 e. The van der Waals surface area contributed by atoms with Crippen molar-refractivity contribution in [1.29, 1.82) is 0 Å². The summed E-state index contributed by atoms with van der Waals surface area (Å²) >= 11 is 5.95. The van der Waals surface area contributed by atoms with E-state index >= 15 is 0 Å². The molecule has 0 bridgehead atoms. The molecule has 3 heterocycles. The number of benzene rings is 2. The molecule has 0 spiro atoms. The number of amides is 3. The molecule has 11 nitrogen and oxygen atoms in total. The zero-order chi connectivity index (χ0) is 29.8. The minimum absolute atomic E-state index is 0.0621. The van der Waals surface area contributed by atoms with Crippen LogP contribution in [0.15, 0.2) is 48.8 Å². The van der Waals surface area contributed by atoms with Crippen LogP contribution in [0.5, 0.6) is 5.75 Å². The molecule has 14 heteroatoms. The lowest BCUT2D eigenvalue weighted by Crippen LogP contribution is -2.44. The summed E-state index contributed by atoms with van der Waals surface area (Å²) < 4.78 is 38.7. The number of hydrogen-bond donors (Lipinski definition) is 3. The Morgan fingerprint density at radius 2 is 2.02 bits per heavy atom. The third-order valence-corrected chi connectivity index (χ3v) is 7.30. The number of piperidine rings is 1. The first-order valence-corrected chi connectivity index (χ1v) is 13.6. The van der Waals surface area contributed by atoms with E-state index in [0.717, 1.165) is 11.8 Å². The van der Waals surface area contributed by atoms with Crippen LogP contribution in [0.4, 0.5) is 19.3 Å². The van der Waals surface area contributed by atoms with Crippen molar-refractivity contribution in [2.24, 2.45) is 0 Å². The van der Waals surface area contributed by atoms with Gasteiger partial charge in [-0.1, -0.05) is 23.7 Å². The van der Waals surface area contributed by atoms with Crippen LogP contribution in [0, 0.1) is 0 Å². The van der Waals surface area contributed by atoms with Crippen molar-refractivity contribution in [3.63, 3.8) is 0 Å². The lowest BCUT2D eigenvalue weighted by Gasteiger charge is -2.33. The van der Waals surface area contributed by atoms with Crippen LogP contribution < -0.4 is 15.4 Å². The summed E-state index contributed by atoms with van der Waals surface area (Å²) in [5.74, 6) is -0.872. The van der Waals surface area contributed by atoms with Crippen molar-refractivity contribution in [2.75, 3.05) is 25.1 Å². The summed E-state index contributed by atoms with van der Waals surface area (Å²) in [6, 6.07) is 9.65. The van der Waals surface area contributed by atoms with Crippen LogP contribution in [0.2, 0.25) is 5.02 Å². The first-order chi connectivity index (χ1) is 20.2. The van der Waals surface area contributed by atoms with E-state index in [-0.39, 0.29) is 60.4 Å². The van der Waals surface area contributed by atoms with Gasteiger partial charge in [-0.05, 0) is 29.8 Å². The average Bonchev–Trinajstić information content (AvgIpc) is 3.60. The zero-order valence-corrected chi connectivity index (χ0v) is 23.0. The number of nitrogens with one attached hydrogen (secondary N) is 2. The summed E-state index contributed by atoms with van der Waals surface area (Å²) in [5, 5.41) is 18.9. The highest BCUT2D eigenvalue weighted by atomic mass is 35.5. The number of carbonyl (C=O) groups excluding carboxylic acids is 3. The van der Waals surface area contributed by atoms with Crippen LogP contribution in [0.3, 0.4) is 0 Å². The standard InChI is InChI=1S/C28H28ClF2N5O6/c29-18-3-1-16(2-4-18)12-32-26(39)22-11-24(42-20-5-7-35-19(9-20)15-41-28(35)40)21(10-23(22)34-25(38)6-8-37)17-13-33-36(14-17)27(30)31/h1-4,10-11,13-14,19-20,27,37H,5-9,12,15H2,(H,32,39)(H,34,38)/t19-,20-/m0/s1. The van der Waals surface area contributed by atoms with Crippen LogP contribution in [0.25, 0.3) is 11.1 Å². The van der Waals surface area contributed by atoms with E-state index in [2.05, 4.69) is 15.7 Å². The molecule has 0 saturated carbocycles. The Bertz CT molecular complexity index is 1470. The largest absolute Gasteiger partial charge is 0.490 e. The first kappa shape index (κ1) is 29.3. The molecule has 222 valence electrons. The zero-order valence-electron chi connectivity index (χ0n) is 22.3. The molecule has 1 aromatic heterocycles. The summed E-state index contributed by atoms with van der Waals surface area (Å²) in [5.41, 5.74) is 1.53. The number of nitrogens with zero attached hydrogens (tertiary/aromatic N) is 3. The number of anilines is 1. The normalized spacial score (nSPS) is 18.0. The van der Waals surface area contributed by atoms with Gasteiger partial charge < -0.3 is 30.1 Å². The van der Waals surface area contributed by atoms with Crippen molar-refractivity contribution >= 4 is 35.2 Å². The highest BCUT2D eigenvalue weighted by Gasteiger charge is 2.39. The van der Waals surface area contributed by atoms with Gasteiger partial charge in [0, 0.05) is 48.3 Å². The molecule has 0 radical (unpaired) electrons. The lowest BCUT2D eigenvalue weighted by atomic mass is 9.99. The molecule has 3 amide bonds. The van der Waals surface area contributed by atoms with Crippen molar-refractivity contribution in [1.82, 2.24) is 20.0 Å². The minimum atomic E-state index is -2.88. The third-order valence-electron chi connectivity index (χ3n) is 7.05. The fourth-order valence-corrected chi connectivity index (χ4v) is 5.05. The number of fused-ring (bicyclic) bond motifs is 1. The molecule has 2 saturated heterocycles. The predicted molar refractivity (Wildman–Crippen MR) is 147 cm³/mol. The molecule has 2 aromatic carbocycles. The van der Waals surface area contributed by atoms with Gasteiger partial charge in [0.05, 0.1) is 36.5 Å². The predicted octanol–water partition coefficient (Wildman–Crippen LogP) is 4.21. The Kier molecular flexibility index (Phi) is 8.88. The Morgan fingerprint density at radius 3 is 2.74 bits per heavy atom. The molecule has 0 aliphatic carbocycles. The number of aliphatic hydroxyl groups excluding tert-OH is 1. The second-order valence-corrected chi connectivity index (χ2v) is 10.3. The number of cyclic esters (lactones) is 1. The first-order valence-electron chi connectivity index (χ1n) is 13.3. The molecule has 2 aliphatic rings. The van der Waals surface area contributed by atoms with E-state index in [0.29, 0.717) is 34.7 Å². The van der Waals surface area contributed by atoms with Gasteiger partial charge >= 0.3 is 12.6 Å². The molecule has 2 aliphatic heterocycles. The summed E-state index contributed by atoms with van der Waals surface area (Å²) in [6.07, 6.45) is 2.36. The summed E-state index contributed by atoms with van der Waals surface area (Å²) in [4.78, 5) is 39.5. The van der Waals surface area contributed by atoms with Crippen molar-refractivity contribution < 1.29 is 37.7 Å². The van der Waals surface area contributed by atoms with Gasteiger partial charge in [-0.2, -0.15) is 13.9 Å². The molecule has 3 aromatic rings. The molecular weight excluding hydrogens is 576 g/mol. The topological polar surface area (TPSA) is 135 Å². The van der Waals surface area contributed by atoms with Gasteiger partial charge in [0.1, 0.15) is 18.5 Å². The van der Waals surface area contributed by atoms with Gasteiger partial charge in [-0.3, -0.25) is 9.59 Å². The minimum Gasteiger partial charge on any atom is -0.490 e. The van der Waals surface area contributed by atoms with Crippen LogP contribution in [0.1, 0.15) is 41.7 Å². The lowest BCUT2D eigenvalue weighted by molar-refractivity contribution is -0.116. The highest BCUT2D eigenvalue weighted by Crippen LogP contribution is 2.38. The molecule has 2 atom stereocenters. The van der Waals surface area contributed by atoms with Gasteiger partial charge in [-0.25, -0.2) is 9.48 Å². The van der Waals surface area contributed by atoms with Crippen molar-refractivity contribution in [2.45, 2.75) is 44.5 Å². The van der Waals surface area contributed by atoms with E-state index < -0.39 is 25.0 Å². The van der Waals surface area contributed by atoms with E-state index in [4.69, 9.17) is 21.1 Å².